The van der Waals surface area contributed by atoms with E-state index in [1.54, 1.807) is 24.3 Å². The zero-order valence-electron chi connectivity index (χ0n) is 10.3. The van der Waals surface area contributed by atoms with Crippen molar-refractivity contribution >= 4 is 10.0 Å². The van der Waals surface area contributed by atoms with Crippen LogP contribution in [0.1, 0.15) is 25.0 Å². The summed E-state index contributed by atoms with van der Waals surface area (Å²) in [6.45, 7) is 3.01. The summed E-state index contributed by atoms with van der Waals surface area (Å²) in [5.74, 6) is -0.172. The Kier molecular flexibility index (Phi) is 4.46. The number of sulfonamides is 1. The van der Waals surface area contributed by atoms with Gasteiger partial charge in [0.2, 0.25) is 10.0 Å². The minimum atomic E-state index is -3.48. The Balaban J connectivity index is 2.68. The predicted octanol–water partition coefficient (Wildman–Crippen LogP) is 0.749. The molecule has 1 rings (SSSR count). The Hall–Kier alpha value is -1.42. The molecule has 0 spiro atoms. The van der Waals surface area contributed by atoms with E-state index in [0.717, 1.165) is 0 Å². The van der Waals surface area contributed by atoms with Crippen LogP contribution in [0.4, 0.5) is 0 Å². The summed E-state index contributed by atoms with van der Waals surface area (Å²) >= 11 is 0. The Bertz CT molecular complexity index is 536. The van der Waals surface area contributed by atoms with E-state index in [4.69, 9.17) is 5.26 Å². The third kappa shape index (κ3) is 5.27. The van der Waals surface area contributed by atoms with E-state index in [2.05, 4.69) is 4.72 Å². The number of nitrogens with zero attached hydrogens (tertiary/aromatic N) is 1. The van der Waals surface area contributed by atoms with E-state index >= 15 is 0 Å². The van der Waals surface area contributed by atoms with E-state index in [9.17, 15) is 13.5 Å². The average molecular weight is 268 g/mol. The fraction of sp³-hybridized carbons (Fsp3) is 0.417. The maximum atomic E-state index is 11.7. The molecule has 0 heterocycles. The van der Waals surface area contributed by atoms with Gasteiger partial charge in [-0.25, -0.2) is 13.1 Å². The first-order valence-electron chi connectivity index (χ1n) is 5.41. The lowest BCUT2D eigenvalue weighted by Gasteiger charge is -2.17. The second kappa shape index (κ2) is 5.48. The lowest BCUT2D eigenvalue weighted by molar-refractivity contribution is 0.0857. The summed E-state index contributed by atoms with van der Waals surface area (Å²) in [5.41, 5.74) is -0.00424. The van der Waals surface area contributed by atoms with Gasteiger partial charge in [0.05, 0.1) is 23.0 Å². The van der Waals surface area contributed by atoms with Crippen molar-refractivity contribution in [3.05, 3.63) is 35.4 Å². The number of hydrogen-bond acceptors (Lipinski definition) is 4. The number of rotatable bonds is 5. The lowest BCUT2D eigenvalue weighted by Crippen LogP contribution is -2.38. The standard InChI is InChI=1S/C12H16N2O3S/c1-12(2,15)9-14-18(16,17)8-11-5-3-10(7-13)4-6-11/h3-6,14-15H,8-9H2,1-2H3. The summed E-state index contributed by atoms with van der Waals surface area (Å²) in [6.07, 6.45) is 0. The molecule has 0 amide bonds. The van der Waals surface area contributed by atoms with Gasteiger partial charge >= 0.3 is 0 Å². The molecule has 0 aliphatic heterocycles. The van der Waals surface area contributed by atoms with E-state index in [1.807, 2.05) is 6.07 Å². The molecule has 98 valence electrons. The lowest BCUT2D eigenvalue weighted by atomic mass is 10.1. The van der Waals surface area contributed by atoms with Gasteiger partial charge in [0, 0.05) is 6.54 Å². The Labute approximate surface area is 107 Å². The number of benzene rings is 1. The molecule has 0 atom stereocenters. The van der Waals surface area contributed by atoms with Crippen LogP contribution in [0.15, 0.2) is 24.3 Å². The first-order chi connectivity index (χ1) is 8.22. The molecule has 0 saturated carbocycles. The second-order valence-electron chi connectivity index (χ2n) is 4.70. The third-order valence-electron chi connectivity index (χ3n) is 2.16. The van der Waals surface area contributed by atoms with Crippen molar-refractivity contribution in [3.63, 3.8) is 0 Å². The smallest absolute Gasteiger partial charge is 0.215 e. The van der Waals surface area contributed by atoms with Gasteiger partial charge in [-0.05, 0) is 31.5 Å². The van der Waals surface area contributed by atoms with Crippen molar-refractivity contribution < 1.29 is 13.5 Å². The van der Waals surface area contributed by atoms with Crippen LogP contribution in [0.2, 0.25) is 0 Å². The zero-order chi connectivity index (χ0) is 13.8. The molecule has 0 saturated heterocycles. The van der Waals surface area contributed by atoms with Crippen LogP contribution in [0.25, 0.3) is 0 Å². The fourth-order valence-electron chi connectivity index (χ4n) is 1.23. The highest BCUT2D eigenvalue weighted by Gasteiger charge is 2.18. The summed E-state index contributed by atoms with van der Waals surface area (Å²) in [7, 11) is -3.48. The Morgan fingerprint density at radius 1 is 1.33 bits per heavy atom. The molecular weight excluding hydrogens is 252 g/mol. The van der Waals surface area contributed by atoms with Gasteiger partial charge in [-0.15, -0.1) is 0 Å². The quantitative estimate of drug-likeness (QED) is 0.824. The predicted molar refractivity (Wildman–Crippen MR) is 68.1 cm³/mol. The number of hydrogen-bond donors (Lipinski definition) is 2. The SMILES string of the molecule is CC(C)(O)CNS(=O)(=O)Cc1ccc(C#N)cc1. The largest absolute Gasteiger partial charge is 0.389 e. The number of aliphatic hydroxyl groups is 1. The average Bonchev–Trinajstić information content (AvgIpc) is 2.26. The topological polar surface area (TPSA) is 90.2 Å². The number of nitrogens with one attached hydrogen (secondary N) is 1. The van der Waals surface area contributed by atoms with E-state index in [0.29, 0.717) is 11.1 Å². The van der Waals surface area contributed by atoms with Crippen LogP contribution in [-0.2, 0) is 15.8 Å². The Morgan fingerprint density at radius 2 is 1.89 bits per heavy atom. The van der Waals surface area contributed by atoms with Gasteiger partial charge in [0.1, 0.15) is 0 Å². The molecule has 1 aromatic carbocycles. The third-order valence-corrected chi connectivity index (χ3v) is 3.46. The maximum Gasteiger partial charge on any atom is 0.215 e. The molecule has 18 heavy (non-hydrogen) atoms. The van der Waals surface area contributed by atoms with Crippen molar-refractivity contribution in [2.24, 2.45) is 0 Å². The minimum Gasteiger partial charge on any atom is -0.389 e. The molecule has 0 bridgehead atoms. The van der Waals surface area contributed by atoms with Gasteiger partial charge < -0.3 is 5.11 Å². The van der Waals surface area contributed by atoms with Gasteiger partial charge in [0.25, 0.3) is 0 Å². The van der Waals surface area contributed by atoms with Crippen molar-refractivity contribution in [1.82, 2.24) is 4.72 Å². The molecule has 0 fully saturated rings. The van der Waals surface area contributed by atoms with E-state index in [-0.39, 0.29) is 12.3 Å². The maximum absolute atomic E-state index is 11.7. The van der Waals surface area contributed by atoms with Gasteiger partial charge in [0.15, 0.2) is 0 Å². The highest BCUT2D eigenvalue weighted by atomic mass is 32.2. The molecule has 0 radical (unpaired) electrons. The van der Waals surface area contributed by atoms with Crippen molar-refractivity contribution in [1.29, 1.82) is 5.26 Å². The van der Waals surface area contributed by atoms with E-state index in [1.165, 1.54) is 13.8 Å². The molecular formula is C12H16N2O3S. The molecule has 0 aliphatic carbocycles. The summed E-state index contributed by atoms with van der Waals surface area (Å²) in [6, 6.07) is 8.30. The first kappa shape index (κ1) is 14.6. The van der Waals surface area contributed by atoms with Crippen LogP contribution in [0.5, 0.6) is 0 Å². The molecule has 0 aliphatic rings. The van der Waals surface area contributed by atoms with Crippen LogP contribution >= 0.6 is 0 Å². The summed E-state index contributed by atoms with van der Waals surface area (Å²) in [5, 5.41) is 18.1. The molecule has 2 N–H and O–H groups in total. The molecule has 0 aromatic heterocycles. The van der Waals surface area contributed by atoms with E-state index < -0.39 is 15.6 Å². The van der Waals surface area contributed by atoms with Crippen LogP contribution in [0.3, 0.4) is 0 Å². The first-order valence-corrected chi connectivity index (χ1v) is 7.06. The monoisotopic (exact) mass is 268 g/mol. The number of nitriles is 1. The van der Waals surface area contributed by atoms with Crippen LogP contribution in [-0.4, -0.2) is 25.7 Å². The second-order valence-corrected chi connectivity index (χ2v) is 6.51. The highest BCUT2D eigenvalue weighted by Crippen LogP contribution is 2.08. The van der Waals surface area contributed by atoms with Crippen LogP contribution in [0, 0.1) is 11.3 Å². The normalized spacial score (nSPS) is 12.1. The fourth-order valence-corrected chi connectivity index (χ4v) is 2.54. The molecule has 1 aromatic rings. The van der Waals surface area contributed by atoms with Gasteiger partial charge in [-0.1, -0.05) is 12.1 Å². The van der Waals surface area contributed by atoms with Gasteiger partial charge in [-0.2, -0.15) is 5.26 Å². The molecule has 0 unspecified atom stereocenters. The van der Waals surface area contributed by atoms with Crippen molar-refractivity contribution in [2.75, 3.05) is 6.54 Å². The minimum absolute atomic E-state index is 0.0361. The molecule has 6 heteroatoms. The van der Waals surface area contributed by atoms with Gasteiger partial charge in [-0.3, -0.25) is 0 Å². The van der Waals surface area contributed by atoms with Crippen LogP contribution < -0.4 is 4.72 Å². The summed E-state index contributed by atoms with van der Waals surface area (Å²) < 4.78 is 25.8. The van der Waals surface area contributed by atoms with Crippen molar-refractivity contribution in [2.45, 2.75) is 25.2 Å². The highest BCUT2D eigenvalue weighted by molar-refractivity contribution is 7.88. The van der Waals surface area contributed by atoms with Crippen molar-refractivity contribution in [3.8, 4) is 6.07 Å². The summed E-state index contributed by atoms with van der Waals surface area (Å²) in [4.78, 5) is 0. The Morgan fingerprint density at radius 3 is 2.33 bits per heavy atom. The zero-order valence-corrected chi connectivity index (χ0v) is 11.2. The molecule has 5 nitrogen and oxygen atoms in total.